The molecule has 2 atom stereocenters. The number of hydrogen-bond acceptors (Lipinski definition) is 6. The van der Waals surface area contributed by atoms with Crippen molar-refractivity contribution in [3.8, 4) is 17.2 Å². The molecule has 0 fully saturated rings. The summed E-state index contributed by atoms with van der Waals surface area (Å²) in [6.07, 6.45) is -1.35. The first-order valence-corrected chi connectivity index (χ1v) is 8.26. The summed E-state index contributed by atoms with van der Waals surface area (Å²) in [6.45, 7) is 3.19. The van der Waals surface area contributed by atoms with Gasteiger partial charge in [-0.2, -0.15) is 0 Å². The van der Waals surface area contributed by atoms with Crippen molar-refractivity contribution in [2.75, 3.05) is 7.11 Å². The summed E-state index contributed by atoms with van der Waals surface area (Å²) in [5, 5.41) is 0. The lowest BCUT2D eigenvalue weighted by Gasteiger charge is -2.30. The van der Waals surface area contributed by atoms with Crippen molar-refractivity contribution >= 4 is 11.8 Å². The van der Waals surface area contributed by atoms with Crippen molar-refractivity contribution in [3.63, 3.8) is 0 Å². The van der Waals surface area contributed by atoms with Crippen LogP contribution in [0.3, 0.4) is 0 Å². The molecule has 0 aliphatic carbocycles. The first-order chi connectivity index (χ1) is 12.5. The van der Waals surface area contributed by atoms with Crippen molar-refractivity contribution in [2.45, 2.75) is 32.7 Å². The van der Waals surface area contributed by atoms with Crippen molar-refractivity contribution < 1.29 is 28.5 Å². The van der Waals surface area contributed by atoms with Gasteiger partial charge in [-0.1, -0.05) is 12.1 Å². The molecule has 0 unspecified atom stereocenters. The van der Waals surface area contributed by atoms with Gasteiger partial charge >= 0.3 is 5.97 Å². The van der Waals surface area contributed by atoms with E-state index in [0.29, 0.717) is 28.4 Å². The van der Waals surface area contributed by atoms with Crippen LogP contribution in [0, 0.1) is 0 Å². The Morgan fingerprint density at radius 2 is 1.77 bits per heavy atom. The van der Waals surface area contributed by atoms with Crippen LogP contribution in [0.1, 0.15) is 29.8 Å². The van der Waals surface area contributed by atoms with E-state index in [4.69, 9.17) is 18.9 Å². The SMILES string of the molecule is COc1ccc(C(C)=O)cc1COC(=O)[C@@H]1Oc2ccccc2O[C@H]1C. The lowest BCUT2D eigenvalue weighted by Crippen LogP contribution is -2.44. The number of carbonyl (C=O) groups is 2. The van der Waals surface area contributed by atoms with E-state index >= 15 is 0 Å². The highest BCUT2D eigenvalue weighted by Crippen LogP contribution is 2.34. The quantitative estimate of drug-likeness (QED) is 0.605. The Bertz CT molecular complexity index is 829. The summed E-state index contributed by atoms with van der Waals surface area (Å²) in [5.74, 6) is 1.03. The van der Waals surface area contributed by atoms with Crippen molar-refractivity contribution in [2.24, 2.45) is 0 Å². The summed E-state index contributed by atoms with van der Waals surface area (Å²) in [7, 11) is 1.52. The average molecular weight is 356 g/mol. The van der Waals surface area contributed by atoms with E-state index in [1.54, 1.807) is 43.3 Å². The molecule has 6 heteroatoms. The number of benzene rings is 2. The van der Waals surface area contributed by atoms with Gasteiger partial charge in [0.05, 0.1) is 7.11 Å². The van der Waals surface area contributed by atoms with Crippen LogP contribution in [0.5, 0.6) is 17.2 Å². The second-order valence-corrected chi connectivity index (χ2v) is 6.00. The van der Waals surface area contributed by atoms with Crippen LogP contribution in [-0.4, -0.2) is 31.1 Å². The summed E-state index contributed by atoms with van der Waals surface area (Å²) in [4.78, 5) is 24.0. The first kappa shape index (κ1) is 17.8. The van der Waals surface area contributed by atoms with Gasteiger partial charge < -0.3 is 18.9 Å². The normalized spacial score (nSPS) is 18.1. The van der Waals surface area contributed by atoms with Crippen LogP contribution in [0.15, 0.2) is 42.5 Å². The fourth-order valence-electron chi connectivity index (χ4n) is 2.72. The Labute approximate surface area is 151 Å². The van der Waals surface area contributed by atoms with E-state index in [1.807, 2.05) is 6.07 Å². The molecule has 136 valence electrons. The van der Waals surface area contributed by atoms with Gasteiger partial charge in [-0.3, -0.25) is 4.79 Å². The maximum absolute atomic E-state index is 12.5. The number of hydrogen-bond donors (Lipinski definition) is 0. The number of Topliss-reactive ketones (excluding diaryl/α,β-unsaturated/α-hetero) is 1. The second kappa shape index (κ2) is 7.47. The van der Waals surface area contributed by atoms with Gasteiger partial charge in [-0.05, 0) is 44.2 Å². The van der Waals surface area contributed by atoms with Crippen LogP contribution < -0.4 is 14.2 Å². The zero-order valence-corrected chi connectivity index (χ0v) is 14.9. The van der Waals surface area contributed by atoms with Crippen LogP contribution in [-0.2, 0) is 16.1 Å². The van der Waals surface area contributed by atoms with Crippen LogP contribution in [0.4, 0.5) is 0 Å². The smallest absolute Gasteiger partial charge is 0.351 e. The number of rotatable bonds is 5. The molecule has 2 aromatic carbocycles. The molecule has 0 N–H and O–H groups in total. The molecule has 0 saturated heterocycles. The molecule has 0 saturated carbocycles. The Morgan fingerprint density at radius 1 is 1.08 bits per heavy atom. The van der Waals surface area contributed by atoms with E-state index < -0.39 is 18.2 Å². The number of para-hydroxylation sites is 2. The summed E-state index contributed by atoms with van der Waals surface area (Å²) in [6, 6.07) is 12.2. The molecule has 0 radical (unpaired) electrons. The maximum atomic E-state index is 12.5. The molecule has 0 spiro atoms. The molecule has 1 aliphatic heterocycles. The van der Waals surface area contributed by atoms with Gasteiger partial charge in [0.25, 0.3) is 0 Å². The molecule has 3 rings (SSSR count). The molecular weight excluding hydrogens is 336 g/mol. The van der Waals surface area contributed by atoms with E-state index in [9.17, 15) is 9.59 Å². The lowest BCUT2D eigenvalue weighted by atomic mass is 10.1. The van der Waals surface area contributed by atoms with Crippen LogP contribution in [0.2, 0.25) is 0 Å². The number of ether oxygens (including phenoxy) is 4. The van der Waals surface area contributed by atoms with E-state index in [1.165, 1.54) is 14.0 Å². The number of fused-ring (bicyclic) bond motifs is 1. The van der Waals surface area contributed by atoms with Gasteiger partial charge in [0.15, 0.2) is 17.3 Å². The highest BCUT2D eigenvalue weighted by Gasteiger charge is 2.35. The van der Waals surface area contributed by atoms with Gasteiger partial charge in [0.1, 0.15) is 18.5 Å². The molecular formula is C20H20O6. The summed E-state index contributed by atoms with van der Waals surface area (Å²) >= 11 is 0. The molecule has 0 bridgehead atoms. The fraction of sp³-hybridized carbons (Fsp3) is 0.300. The molecule has 2 aromatic rings. The van der Waals surface area contributed by atoms with E-state index in [-0.39, 0.29) is 12.4 Å². The fourth-order valence-corrected chi connectivity index (χ4v) is 2.72. The monoisotopic (exact) mass is 356 g/mol. The van der Waals surface area contributed by atoms with Gasteiger partial charge in [0, 0.05) is 11.1 Å². The molecule has 0 aromatic heterocycles. The third-order valence-electron chi connectivity index (χ3n) is 4.13. The Hall–Kier alpha value is -3.02. The van der Waals surface area contributed by atoms with E-state index in [2.05, 4.69) is 0 Å². The minimum Gasteiger partial charge on any atom is -0.496 e. The van der Waals surface area contributed by atoms with Gasteiger partial charge in [0.2, 0.25) is 6.10 Å². The predicted molar refractivity (Wildman–Crippen MR) is 93.7 cm³/mol. The lowest BCUT2D eigenvalue weighted by molar-refractivity contribution is -0.159. The third kappa shape index (κ3) is 3.64. The Morgan fingerprint density at radius 3 is 2.42 bits per heavy atom. The van der Waals surface area contributed by atoms with Crippen molar-refractivity contribution in [3.05, 3.63) is 53.6 Å². The number of ketones is 1. The zero-order valence-electron chi connectivity index (χ0n) is 14.9. The minimum atomic E-state index is -0.869. The third-order valence-corrected chi connectivity index (χ3v) is 4.13. The zero-order chi connectivity index (χ0) is 18.7. The maximum Gasteiger partial charge on any atom is 0.351 e. The largest absolute Gasteiger partial charge is 0.496 e. The van der Waals surface area contributed by atoms with Gasteiger partial charge in [-0.25, -0.2) is 4.79 Å². The highest BCUT2D eigenvalue weighted by atomic mass is 16.6. The molecule has 1 heterocycles. The standard InChI is InChI=1S/C20H20O6/c1-12(21)14-8-9-16(23-3)15(10-14)11-24-20(22)19-13(2)25-17-6-4-5-7-18(17)26-19/h4-10,13,19H,11H2,1-3H3/t13-,19+/m0/s1. The summed E-state index contributed by atoms with van der Waals surface area (Å²) < 4.78 is 22.1. The minimum absolute atomic E-state index is 0.0304. The van der Waals surface area contributed by atoms with Gasteiger partial charge in [-0.15, -0.1) is 0 Å². The van der Waals surface area contributed by atoms with Crippen LogP contribution >= 0.6 is 0 Å². The Kier molecular flexibility index (Phi) is 5.11. The topological polar surface area (TPSA) is 71.1 Å². The van der Waals surface area contributed by atoms with Crippen molar-refractivity contribution in [1.29, 1.82) is 0 Å². The molecule has 26 heavy (non-hydrogen) atoms. The predicted octanol–water partition coefficient (Wildman–Crippen LogP) is 3.17. The van der Waals surface area contributed by atoms with Crippen molar-refractivity contribution in [1.82, 2.24) is 0 Å². The number of esters is 1. The summed E-state index contributed by atoms with van der Waals surface area (Å²) in [5.41, 5.74) is 1.13. The molecule has 6 nitrogen and oxygen atoms in total. The average Bonchev–Trinajstić information content (AvgIpc) is 2.65. The molecule has 1 aliphatic rings. The second-order valence-electron chi connectivity index (χ2n) is 6.00. The number of carbonyl (C=O) groups excluding carboxylic acids is 2. The Balaban J connectivity index is 1.71. The highest BCUT2D eigenvalue weighted by molar-refractivity contribution is 5.94. The molecule has 0 amide bonds. The van der Waals surface area contributed by atoms with Crippen LogP contribution in [0.25, 0.3) is 0 Å². The first-order valence-electron chi connectivity index (χ1n) is 8.26. The van der Waals surface area contributed by atoms with E-state index in [0.717, 1.165) is 0 Å². The number of methoxy groups -OCH3 is 1.